The zero-order chi connectivity index (χ0) is 31.7. The molecular formula is C34H26ClN3O6S. The van der Waals surface area contributed by atoms with Crippen molar-refractivity contribution in [1.82, 2.24) is 4.57 Å². The van der Waals surface area contributed by atoms with Crippen molar-refractivity contribution in [3.8, 4) is 17.1 Å². The van der Waals surface area contributed by atoms with Crippen LogP contribution in [0.3, 0.4) is 0 Å². The number of aromatic nitrogens is 1. The topological polar surface area (TPSA) is 112 Å². The lowest BCUT2D eigenvalue weighted by Crippen LogP contribution is -2.40. The first kappa shape index (κ1) is 29.9. The third-order valence-corrected chi connectivity index (χ3v) is 8.58. The Morgan fingerprint density at radius 2 is 1.82 bits per heavy atom. The Balaban J connectivity index is 1.43. The van der Waals surface area contributed by atoms with Crippen LogP contribution in [0, 0.1) is 0 Å². The number of nitrogens with zero attached hydrogens (tertiary/aromatic N) is 2. The van der Waals surface area contributed by atoms with Gasteiger partial charge in [-0.2, -0.15) is 0 Å². The van der Waals surface area contributed by atoms with Gasteiger partial charge in [0.25, 0.3) is 11.5 Å². The number of anilines is 1. The number of esters is 1. The number of methoxy groups -OCH3 is 2. The molecule has 1 aliphatic rings. The number of thiazole rings is 1. The van der Waals surface area contributed by atoms with Gasteiger partial charge in [-0.15, -0.1) is 0 Å². The summed E-state index contributed by atoms with van der Waals surface area (Å²) in [7, 11) is 2.85. The van der Waals surface area contributed by atoms with Crippen molar-refractivity contribution in [1.29, 1.82) is 0 Å². The Labute approximate surface area is 266 Å². The van der Waals surface area contributed by atoms with Crippen LogP contribution in [0.5, 0.6) is 5.75 Å². The molecule has 0 unspecified atom stereocenters. The molecule has 2 aromatic heterocycles. The fourth-order valence-corrected chi connectivity index (χ4v) is 6.34. The van der Waals surface area contributed by atoms with Crippen molar-refractivity contribution in [2.45, 2.75) is 13.0 Å². The monoisotopic (exact) mass is 639 g/mol. The standard InChI is InChI=1S/C34H26ClN3O6S/c1-19-29(31(39)37-22-9-5-4-6-10-22)30(21-8-7-11-23(16-21)42-2)38-32(40)28(45-34(38)36-19)18-24-13-15-27(44-24)20-12-14-26(35)25(17-20)33(41)43-3/h4-18,30H,1-3H3,(H,37,39)/b28-18-/t30-/m0/s1. The molecule has 6 rings (SSSR count). The normalized spacial score (nSPS) is 14.5. The molecule has 0 spiro atoms. The number of para-hydroxylation sites is 1. The van der Waals surface area contributed by atoms with Crippen molar-refractivity contribution >= 4 is 46.6 Å². The molecule has 0 radical (unpaired) electrons. The second-order valence-electron chi connectivity index (χ2n) is 10.1. The smallest absolute Gasteiger partial charge is 0.339 e. The summed E-state index contributed by atoms with van der Waals surface area (Å²) in [6, 6.07) is 24.0. The second-order valence-corrected chi connectivity index (χ2v) is 11.5. The van der Waals surface area contributed by atoms with Crippen LogP contribution in [0.25, 0.3) is 17.4 Å². The van der Waals surface area contributed by atoms with Crippen LogP contribution in [-0.4, -0.2) is 30.7 Å². The van der Waals surface area contributed by atoms with Crippen molar-refractivity contribution in [3.05, 3.63) is 138 Å². The molecule has 0 saturated carbocycles. The van der Waals surface area contributed by atoms with Crippen molar-refractivity contribution in [2.75, 3.05) is 19.5 Å². The molecule has 0 fully saturated rings. The molecule has 11 heteroatoms. The number of fused-ring (bicyclic) bond motifs is 1. The first-order chi connectivity index (χ1) is 21.8. The molecule has 226 valence electrons. The lowest BCUT2D eigenvalue weighted by molar-refractivity contribution is -0.113. The lowest BCUT2D eigenvalue weighted by Gasteiger charge is -2.25. The molecule has 3 heterocycles. The van der Waals surface area contributed by atoms with Gasteiger partial charge in [-0.3, -0.25) is 14.2 Å². The Morgan fingerprint density at radius 1 is 1.02 bits per heavy atom. The highest BCUT2D eigenvalue weighted by atomic mass is 35.5. The maximum atomic E-state index is 14.0. The first-order valence-corrected chi connectivity index (χ1v) is 15.0. The van der Waals surface area contributed by atoms with Gasteiger partial charge in [0, 0.05) is 17.3 Å². The maximum Gasteiger partial charge on any atom is 0.339 e. The number of furan rings is 1. The number of halogens is 1. The minimum atomic E-state index is -0.764. The number of ether oxygens (including phenoxy) is 2. The van der Waals surface area contributed by atoms with Crippen molar-refractivity contribution in [3.63, 3.8) is 0 Å². The summed E-state index contributed by atoms with van der Waals surface area (Å²) >= 11 is 7.37. The van der Waals surface area contributed by atoms with Crippen molar-refractivity contribution in [2.24, 2.45) is 4.99 Å². The van der Waals surface area contributed by atoms with Gasteiger partial charge in [0.15, 0.2) is 4.80 Å². The number of carbonyl (C=O) groups is 2. The van der Waals surface area contributed by atoms with Crippen LogP contribution in [0.4, 0.5) is 5.69 Å². The van der Waals surface area contributed by atoms with E-state index in [0.29, 0.717) is 54.7 Å². The van der Waals surface area contributed by atoms with Crippen LogP contribution in [0.15, 0.2) is 110 Å². The largest absolute Gasteiger partial charge is 0.497 e. The molecule has 3 aromatic carbocycles. The fourth-order valence-electron chi connectivity index (χ4n) is 5.12. The molecule has 9 nitrogen and oxygen atoms in total. The number of hydrogen-bond acceptors (Lipinski definition) is 8. The number of nitrogens with one attached hydrogen (secondary N) is 1. The minimum Gasteiger partial charge on any atom is -0.497 e. The number of carbonyl (C=O) groups excluding carboxylic acids is 2. The molecule has 0 bridgehead atoms. The minimum absolute atomic E-state index is 0.211. The molecule has 45 heavy (non-hydrogen) atoms. The van der Waals surface area contributed by atoms with Gasteiger partial charge in [0.05, 0.1) is 46.7 Å². The van der Waals surface area contributed by atoms with Gasteiger partial charge in [-0.1, -0.05) is 53.3 Å². The zero-order valence-corrected chi connectivity index (χ0v) is 25.9. The summed E-state index contributed by atoms with van der Waals surface area (Å²) in [5, 5.41) is 3.20. The SMILES string of the molecule is COC(=O)c1cc(-c2ccc(/C=c3\sc4n(c3=O)[C@@H](c3cccc(OC)c3)C(C(=O)Nc3ccccc3)=C(C)N=4)o2)ccc1Cl. The van der Waals surface area contributed by atoms with Gasteiger partial charge >= 0.3 is 5.97 Å². The summed E-state index contributed by atoms with van der Waals surface area (Å²) < 4.78 is 18.2. The van der Waals surface area contributed by atoms with Crippen LogP contribution in [0.1, 0.15) is 34.6 Å². The van der Waals surface area contributed by atoms with Gasteiger partial charge in [0.1, 0.15) is 17.3 Å². The lowest BCUT2D eigenvalue weighted by atomic mass is 9.95. The summed E-state index contributed by atoms with van der Waals surface area (Å²) in [5.74, 6) is 0.552. The van der Waals surface area contributed by atoms with E-state index in [1.807, 2.05) is 36.4 Å². The van der Waals surface area contributed by atoms with Gasteiger partial charge < -0.3 is 19.2 Å². The van der Waals surface area contributed by atoms with E-state index in [1.54, 1.807) is 68.6 Å². The van der Waals surface area contributed by atoms with E-state index in [4.69, 9.17) is 25.5 Å². The molecular weight excluding hydrogens is 614 g/mol. The van der Waals surface area contributed by atoms with Crippen LogP contribution in [0.2, 0.25) is 5.02 Å². The number of hydrogen-bond donors (Lipinski definition) is 1. The third kappa shape index (κ3) is 5.85. The first-order valence-electron chi connectivity index (χ1n) is 13.8. The molecule has 0 aliphatic carbocycles. The summed E-state index contributed by atoms with van der Waals surface area (Å²) in [5.41, 5.74) is 2.65. The Morgan fingerprint density at radius 3 is 2.58 bits per heavy atom. The van der Waals surface area contributed by atoms with Gasteiger partial charge in [0.2, 0.25) is 0 Å². The summed E-state index contributed by atoms with van der Waals surface area (Å²) in [6.07, 6.45) is 1.64. The van der Waals surface area contributed by atoms with E-state index < -0.39 is 12.0 Å². The molecule has 1 atom stereocenters. The van der Waals surface area contributed by atoms with E-state index >= 15 is 0 Å². The fraction of sp³-hybridized carbons (Fsp3) is 0.118. The maximum absolute atomic E-state index is 14.0. The summed E-state index contributed by atoms with van der Waals surface area (Å²) in [6.45, 7) is 1.76. The Kier molecular flexibility index (Phi) is 8.25. The van der Waals surface area contributed by atoms with Crippen LogP contribution < -0.4 is 24.9 Å². The van der Waals surface area contributed by atoms with Crippen LogP contribution in [-0.2, 0) is 9.53 Å². The van der Waals surface area contributed by atoms with E-state index in [2.05, 4.69) is 10.3 Å². The predicted molar refractivity (Wildman–Crippen MR) is 172 cm³/mol. The van der Waals surface area contributed by atoms with Crippen molar-refractivity contribution < 1.29 is 23.5 Å². The molecule has 1 amide bonds. The third-order valence-electron chi connectivity index (χ3n) is 7.26. The predicted octanol–water partition coefficient (Wildman–Crippen LogP) is 5.58. The summed E-state index contributed by atoms with van der Waals surface area (Å²) in [4.78, 5) is 45.0. The van der Waals surface area contributed by atoms with Gasteiger partial charge in [-0.25, -0.2) is 9.79 Å². The quantitative estimate of drug-likeness (QED) is 0.233. The number of amides is 1. The average molecular weight is 640 g/mol. The highest BCUT2D eigenvalue weighted by Gasteiger charge is 2.33. The van der Waals surface area contributed by atoms with Gasteiger partial charge in [-0.05, 0) is 67.1 Å². The number of benzene rings is 3. The highest BCUT2D eigenvalue weighted by Crippen LogP contribution is 2.33. The average Bonchev–Trinajstić information content (AvgIpc) is 3.64. The van der Waals surface area contributed by atoms with E-state index in [-0.39, 0.29) is 22.1 Å². The second kappa shape index (κ2) is 12.4. The van der Waals surface area contributed by atoms with E-state index in [9.17, 15) is 14.4 Å². The van der Waals surface area contributed by atoms with E-state index in [0.717, 1.165) is 0 Å². The molecule has 5 aromatic rings. The Bertz CT molecular complexity index is 2160. The molecule has 1 aliphatic heterocycles. The number of rotatable bonds is 7. The molecule has 0 saturated heterocycles. The zero-order valence-electron chi connectivity index (χ0n) is 24.4. The Hall–Kier alpha value is -5.19. The van der Waals surface area contributed by atoms with E-state index in [1.165, 1.54) is 23.0 Å². The van der Waals surface area contributed by atoms with Crippen LogP contribution >= 0.6 is 22.9 Å². The molecule has 1 N–H and O–H groups in total. The number of allylic oxidation sites excluding steroid dienone is 1. The highest BCUT2D eigenvalue weighted by molar-refractivity contribution is 7.07.